The number of nitrogens with one attached hydrogen (secondary N) is 1. The van der Waals surface area contributed by atoms with Crippen LogP contribution in [0.15, 0.2) is 16.5 Å². The molecule has 1 aromatic heterocycles. The van der Waals surface area contributed by atoms with E-state index < -0.39 is 0 Å². The molecule has 1 heterocycles. The van der Waals surface area contributed by atoms with E-state index >= 15 is 0 Å². The van der Waals surface area contributed by atoms with Crippen LogP contribution in [0.1, 0.15) is 17.5 Å². The lowest BCUT2D eigenvalue weighted by Crippen LogP contribution is -2.34. The lowest BCUT2D eigenvalue weighted by molar-refractivity contribution is -0.119. The van der Waals surface area contributed by atoms with Crippen LogP contribution < -0.4 is 10.2 Å². The molecule has 0 atom stereocenters. The second-order valence-corrected chi connectivity index (χ2v) is 3.10. The summed E-state index contributed by atoms with van der Waals surface area (Å²) in [5.74, 6) is 0.681. The summed E-state index contributed by atoms with van der Waals surface area (Å²) < 4.78 is 5.15. The third kappa shape index (κ3) is 3.12. The van der Waals surface area contributed by atoms with Gasteiger partial charge in [-0.2, -0.15) is 0 Å². The molecule has 1 aromatic rings. The number of likely N-dealkylation sites (N-methyl/N-ethyl adjacent to an activating group) is 2. The van der Waals surface area contributed by atoms with Crippen molar-refractivity contribution in [2.75, 3.05) is 25.0 Å². The number of nitrogens with zero attached hydrogens (tertiary/aromatic N) is 1. The lowest BCUT2D eigenvalue weighted by atomic mass is 10.4. The number of furan rings is 1. The van der Waals surface area contributed by atoms with Gasteiger partial charge in [-0.15, -0.1) is 0 Å². The molecule has 0 fully saturated rings. The number of hydrogen-bond donors (Lipinski definition) is 1. The first-order valence-electron chi connectivity index (χ1n) is 4.70. The molecule has 1 rings (SSSR count). The predicted octanol–water partition coefficient (Wildman–Crippen LogP) is 0.664. The Kier molecular flexibility index (Phi) is 3.91. The van der Waals surface area contributed by atoms with E-state index in [1.807, 2.05) is 6.92 Å². The van der Waals surface area contributed by atoms with Crippen molar-refractivity contribution in [1.29, 1.82) is 0 Å². The van der Waals surface area contributed by atoms with Crippen molar-refractivity contribution in [2.24, 2.45) is 0 Å². The number of carbonyl (C=O) groups excluding carboxylic acids is 2. The summed E-state index contributed by atoms with van der Waals surface area (Å²) in [5.41, 5.74) is 0. The van der Waals surface area contributed by atoms with Crippen molar-refractivity contribution in [2.45, 2.75) is 6.92 Å². The first kappa shape index (κ1) is 11.3. The van der Waals surface area contributed by atoms with Gasteiger partial charge in [-0.1, -0.05) is 0 Å². The van der Waals surface area contributed by atoms with E-state index in [1.165, 1.54) is 0 Å². The van der Waals surface area contributed by atoms with Crippen molar-refractivity contribution in [3.63, 3.8) is 0 Å². The maximum atomic E-state index is 11.2. The van der Waals surface area contributed by atoms with E-state index in [2.05, 4.69) is 5.32 Å². The summed E-state index contributed by atoms with van der Waals surface area (Å²) in [6.07, 6.45) is 0.628. The van der Waals surface area contributed by atoms with Gasteiger partial charge in [-0.05, 0) is 13.0 Å². The lowest BCUT2D eigenvalue weighted by Gasteiger charge is -2.14. The van der Waals surface area contributed by atoms with Crippen LogP contribution in [0.3, 0.4) is 0 Å². The van der Waals surface area contributed by atoms with Crippen LogP contribution in [0.25, 0.3) is 0 Å². The minimum atomic E-state index is -0.0796. The second-order valence-electron chi connectivity index (χ2n) is 3.10. The predicted molar refractivity (Wildman–Crippen MR) is 56.0 cm³/mol. The highest BCUT2D eigenvalue weighted by molar-refractivity contribution is 5.81. The molecule has 0 aromatic carbocycles. The zero-order valence-electron chi connectivity index (χ0n) is 8.82. The zero-order valence-corrected chi connectivity index (χ0v) is 8.82. The molecule has 1 amide bonds. The fraction of sp³-hybridized carbons (Fsp3) is 0.400. The van der Waals surface area contributed by atoms with Gasteiger partial charge in [0.25, 0.3) is 0 Å². The maximum Gasteiger partial charge on any atom is 0.239 e. The minimum Gasteiger partial charge on any atom is -0.438 e. The monoisotopic (exact) mass is 210 g/mol. The molecule has 5 nitrogen and oxygen atoms in total. The van der Waals surface area contributed by atoms with Gasteiger partial charge >= 0.3 is 0 Å². The number of hydrogen-bond acceptors (Lipinski definition) is 4. The van der Waals surface area contributed by atoms with Crippen LogP contribution in [0.4, 0.5) is 5.88 Å². The molecular formula is C10H14N2O3. The first-order valence-corrected chi connectivity index (χ1v) is 4.70. The van der Waals surface area contributed by atoms with E-state index in [0.717, 1.165) is 0 Å². The zero-order chi connectivity index (χ0) is 11.3. The number of rotatable bonds is 5. The number of carbonyl (C=O) groups is 2. The summed E-state index contributed by atoms with van der Waals surface area (Å²) >= 11 is 0. The van der Waals surface area contributed by atoms with E-state index in [9.17, 15) is 9.59 Å². The van der Waals surface area contributed by atoms with E-state index in [0.29, 0.717) is 18.7 Å². The van der Waals surface area contributed by atoms with Gasteiger partial charge in [-0.25, -0.2) is 0 Å². The fourth-order valence-corrected chi connectivity index (χ4v) is 1.16. The second kappa shape index (κ2) is 5.19. The van der Waals surface area contributed by atoms with E-state index in [1.54, 1.807) is 24.1 Å². The quantitative estimate of drug-likeness (QED) is 0.725. The molecule has 0 aliphatic rings. The van der Waals surface area contributed by atoms with Crippen molar-refractivity contribution < 1.29 is 14.0 Å². The Balaban J connectivity index is 2.56. The average Bonchev–Trinajstić information content (AvgIpc) is 2.66. The fourth-order valence-electron chi connectivity index (χ4n) is 1.16. The van der Waals surface area contributed by atoms with Gasteiger partial charge in [-0.3, -0.25) is 9.59 Å². The number of aldehydes is 1. The summed E-state index contributed by atoms with van der Waals surface area (Å²) in [6.45, 7) is 2.67. The van der Waals surface area contributed by atoms with Gasteiger partial charge in [0.05, 0.1) is 6.54 Å². The Morgan fingerprint density at radius 2 is 2.33 bits per heavy atom. The molecule has 0 spiro atoms. The largest absolute Gasteiger partial charge is 0.438 e. The molecule has 82 valence electrons. The van der Waals surface area contributed by atoms with Gasteiger partial charge < -0.3 is 14.6 Å². The van der Waals surface area contributed by atoms with Gasteiger partial charge in [0.1, 0.15) is 0 Å². The van der Waals surface area contributed by atoms with Crippen LogP contribution in [-0.4, -0.2) is 32.3 Å². The van der Waals surface area contributed by atoms with Crippen molar-refractivity contribution in [3.05, 3.63) is 17.9 Å². The highest BCUT2D eigenvalue weighted by Gasteiger charge is 2.09. The minimum absolute atomic E-state index is 0.0796. The van der Waals surface area contributed by atoms with Gasteiger partial charge in [0.15, 0.2) is 17.9 Å². The number of amides is 1. The molecule has 0 bridgehead atoms. The Hall–Kier alpha value is -1.78. The third-order valence-electron chi connectivity index (χ3n) is 1.86. The molecule has 1 N–H and O–H groups in total. The van der Waals surface area contributed by atoms with E-state index in [4.69, 9.17) is 4.42 Å². The molecule has 15 heavy (non-hydrogen) atoms. The standard InChI is InChI=1S/C10H14N2O3/c1-3-11-9(14)6-12(2)10-5-4-8(7-13)15-10/h4-5,7H,3,6H2,1-2H3,(H,11,14). The van der Waals surface area contributed by atoms with Crippen molar-refractivity contribution in [3.8, 4) is 0 Å². The van der Waals surface area contributed by atoms with Crippen LogP contribution >= 0.6 is 0 Å². The summed E-state index contributed by atoms with van der Waals surface area (Å²) in [5, 5.41) is 2.68. The van der Waals surface area contributed by atoms with Crippen molar-refractivity contribution >= 4 is 18.1 Å². The molecular weight excluding hydrogens is 196 g/mol. The molecule has 0 unspecified atom stereocenters. The summed E-state index contributed by atoms with van der Waals surface area (Å²) in [4.78, 5) is 23.3. The topological polar surface area (TPSA) is 62.6 Å². The summed E-state index contributed by atoms with van der Waals surface area (Å²) in [7, 11) is 1.72. The summed E-state index contributed by atoms with van der Waals surface area (Å²) in [6, 6.07) is 3.22. The van der Waals surface area contributed by atoms with Gasteiger partial charge in [0.2, 0.25) is 5.91 Å². The smallest absolute Gasteiger partial charge is 0.239 e. The highest BCUT2D eigenvalue weighted by Crippen LogP contribution is 2.15. The van der Waals surface area contributed by atoms with E-state index in [-0.39, 0.29) is 18.2 Å². The molecule has 5 heteroatoms. The van der Waals surface area contributed by atoms with Crippen LogP contribution in [0, 0.1) is 0 Å². The first-order chi connectivity index (χ1) is 7.17. The highest BCUT2D eigenvalue weighted by atomic mass is 16.4. The molecule has 0 aliphatic carbocycles. The Labute approximate surface area is 88.0 Å². The third-order valence-corrected chi connectivity index (χ3v) is 1.86. The Bertz CT molecular complexity index is 346. The molecule has 0 saturated heterocycles. The molecule has 0 aliphatic heterocycles. The Morgan fingerprint density at radius 1 is 1.60 bits per heavy atom. The van der Waals surface area contributed by atoms with Crippen LogP contribution in [0.2, 0.25) is 0 Å². The normalized spacial score (nSPS) is 9.73. The molecule has 0 radical (unpaired) electrons. The van der Waals surface area contributed by atoms with Crippen LogP contribution in [-0.2, 0) is 4.79 Å². The average molecular weight is 210 g/mol. The maximum absolute atomic E-state index is 11.2. The Morgan fingerprint density at radius 3 is 2.87 bits per heavy atom. The SMILES string of the molecule is CCNC(=O)CN(C)c1ccc(C=O)o1. The van der Waals surface area contributed by atoms with Crippen molar-refractivity contribution in [1.82, 2.24) is 5.32 Å². The number of anilines is 1. The molecule has 0 saturated carbocycles. The van der Waals surface area contributed by atoms with Gasteiger partial charge in [0, 0.05) is 19.7 Å². The van der Waals surface area contributed by atoms with Crippen LogP contribution in [0.5, 0.6) is 0 Å².